The van der Waals surface area contributed by atoms with E-state index in [2.05, 4.69) is 0 Å². The third kappa shape index (κ3) is 3.35. The van der Waals surface area contributed by atoms with Gasteiger partial charge in [0, 0.05) is 5.56 Å². The molecule has 0 heterocycles. The van der Waals surface area contributed by atoms with Crippen LogP contribution >= 0.6 is 34.8 Å². The monoisotopic (exact) mass is 314 g/mol. The summed E-state index contributed by atoms with van der Waals surface area (Å²) in [5, 5.41) is 19.7. The zero-order valence-corrected chi connectivity index (χ0v) is 11.8. The highest BCUT2D eigenvalue weighted by Gasteiger charge is 2.05. The second-order valence-corrected chi connectivity index (χ2v) is 5.08. The summed E-state index contributed by atoms with van der Waals surface area (Å²) in [4.78, 5) is 0. The van der Waals surface area contributed by atoms with Crippen molar-refractivity contribution < 1.29 is 10.2 Å². The molecule has 5 heteroatoms. The van der Waals surface area contributed by atoms with Crippen molar-refractivity contribution in [1.29, 1.82) is 0 Å². The standard InChI is InChI=1S/C14H9Cl3O2/c15-12-5-9(18)3-1-8(12)2-4-11-13(16)6-10(19)7-14(11)17/h1-7,18-19H/b4-2+. The first-order valence-corrected chi connectivity index (χ1v) is 6.45. The summed E-state index contributed by atoms with van der Waals surface area (Å²) in [6, 6.07) is 7.47. The zero-order valence-electron chi connectivity index (χ0n) is 9.57. The third-order valence-electron chi connectivity index (χ3n) is 2.48. The van der Waals surface area contributed by atoms with E-state index in [9.17, 15) is 10.2 Å². The van der Waals surface area contributed by atoms with Gasteiger partial charge in [-0.2, -0.15) is 0 Å². The van der Waals surface area contributed by atoms with Crippen LogP contribution in [0.3, 0.4) is 0 Å². The van der Waals surface area contributed by atoms with Gasteiger partial charge in [0.1, 0.15) is 11.5 Å². The van der Waals surface area contributed by atoms with E-state index in [1.807, 2.05) is 0 Å². The van der Waals surface area contributed by atoms with Crippen molar-refractivity contribution in [2.45, 2.75) is 0 Å². The van der Waals surface area contributed by atoms with Crippen LogP contribution in [-0.2, 0) is 0 Å². The Morgan fingerprint density at radius 3 is 1.89 bits per heavy atom. The molecule has 0 radical (unpaired) electrons. The van der Waals surface area contributed by atoms with Crippen molar-refractivity contribution in [2.24, 2.45) is 0 Å². The lowest BCUT2D eigenvalue weighted by atomic mass is 10.1. The lowest BCUT2D eigenvalue weighted by molar-refractivity contribution is 0.475. The van der Waals surface area contributed by atoms with Gasteiger partial charge in [0.2, 0.25) is 0 Å². The largest absolute Gasteiger partial charge is 0.508 e. The maximum absolute atomic E-state index is 9.34. The van der Waals surface area contributed by atoms with Crippen LogP contribution in [0.4, 0.5) is 0 Å². The lowest BCUT2D eigenvalue weighted by Gasteiger charge is -2.04. The number of hydrogen-bond donors (Lipinski definition) is 2. The fourth-order valence-corrected chi connectivity index (χ4v) is 2.39. The van der Waals surface area contributed by atoms with Gasteiger partial charge in [-0.1, -0.05) is 47.0 Å². The summed E-state index contributed by atoms with van der Waals surface area (Å²) >= 11 is 18.0. The van der Waals surface area contributed by atoms with Gasteiger partial charge in [0.25, 0.3) is 0 Å². The Morgan fingerprint density at radius 2 is 1.32 bits per heavy atom. The molecule has 0 bridgehead atoms. The van der Waals surface area contributed by atoms with Gasteiger partial charge in [-0.05, 0) is 35.9 Å². The molecule has 0 aliphatic rings. The van der Waals surface area contributed by atoms with Crippen LogP contribution in [0.5, 0.6) is 11.5 Å². The van der Waals surface area contributed by atoms with E-state index >= 15 is 0 Å². The maximum Gasteiger partial charge on any atom is 0.118 e. The van der Waals surface area contributed by atoms with E-state index in [0.717, 1.165) is 5.56 Å². The Kier molecular flexibility index (Phi) is 4.25. The first-order valence-electron chi connectivity index (χ1n) is 5.32. The number of aromatic hydroxyl groups is 2. The average molecular weight is 316 g/mol. The summed E-state index contributed by atoms with van der Waals surface area (Å²) in [6.45, 7) is 0. The quantitative estimate of drug-likeness (QED) is 0.745. The second-order valence-electron chi connectivity index (χ2n) is 3.86. The Labute approximate surface area is 125 Å². The predicted octanol–water partition coefficient (Wildman–Crippen LogP) is 5.23. The minimum Gasteiger partial charge on any atom is -0.508 e. The van der Waals surface area contributed by atoms with Crippen LogP contribution in [0.1, 0.15) is 11.1 Å². The van der Waals surface area contributed by atoms with E-state index in [1.54, 1.807) is 18.2 Å². The highest BCUT2D eigenvalue weighted by atomic mass is 35.5. The fourth-order valence-electron chi connectivity index (χ4n) is 1.55. The Balaban J connectivity index is 2.38. The number of rotatable bonds is 2. The average Bonchev–Trinajstić information content (AvgIpc) is 2.30. The van der Waals surface area contributed by atoms with Gasteiger partial charge in [0.05, 0.1) is 15.1 Å². The zero-order chi connectivity index (χ0) is 14.0. The van der Waals surface area contributed by atoms with Crippen LogP contribution < -0.4 is 0 Å². The molecular weight excluding hydrogens is 307 g/mol. The van der Waals surface area contributed by atoms with Crippen molar-refractivity contribution in [1.82, 2.24) is 0 Å². The number of phenols is 2. The van der Waals surface area contributed by atoms with E-state index in [0.29, 0.717) is 20.6 Å². The molecule has 0 aliphatic heterocycles. The molecule has 2 N–H and O–H groups in total. The molecule has 0 atom stereocenters. The molecule has 98 valence electrons. The van der Waals surface area contributed by atoms with Crippen molar-refractivity contribution in [3.63, 3.8) is 0 Å². The van der Waals surface area contributed by atoms with E-state index in [4.69, 9.17) is 34.8 Å². The molecule has 0 aromatic heterocycles. The molecule has 2 aromatic rings. The fraction of sp³-hybridized carbons (Fsp3) is 0. The molecule has 0 saturated carbocycles. The topological polar surface area (TPSA) is 40.5 Å². The molecule has 0 amide bonds. The van der Waals surface area contributed by atoms with Gasteiger partial charge in [-0.15, -0.1) is 0 Å². The summed E-state index contributed by atoms with van der Waals surface area (Å²) in [6.07, 6.45) is 3.42. The Morgan fingerprint density at radius 1 is 0.737 bits per heavy atom. The molecule has 0 aliphatic carbocycles. The molecule has 0 fully saturated rings. The van der Waals surface area contributed by atoms with Gasteiger partial charge in [-0.25, -0.2) is 0 Å². The van der Waals surface area contributed by atoms with Crippen molar-refractivity contribution in [2.75, 3.05) is 0 Å². The number of phenolic OH excluding ortho intramolecular Hbond substituents is 2. The first-order chi connectivity index (χ1) is 8.97. The first kappa shape index (κ1) is 14.1. The van der Waals surface area contributed by atoms with Crippen molar-refractivity contribution >= 4 is 47.0 Å². The Hall–Kier alpha value is -1.35. The smallest absolute Gasteiger partial charge is 0.118 e. The van der Waals surface area contributed by atoms with Crippen LogP contribution in [0, 0.1) is 0 Å². The number of halogens is 3. The molecule has 2 rings (SSSR count). The SMILES string of the molecule is Oc1ccc(/C=C/c2c(Cl)cc(O)cc2Cl)c(Cl)c1. The van der Waals surface area contributed by atoms with E-state index in [1.165, 1.54) is 24.3 Å². The number of benzene rings is 2. The molecule has 0 spiro atoms. The van der Waals surface area contributed by atoms with Crippen LogP contribution in [0.25, 0.3) is 12.2 Å². The highest BCUT2D eigenvalue weighted by Crippen LogP contribution is 2.32. The van der Waals surface area contributed by atoms with Gasteiger partial charge in [0.15, 0.2) is 0 Å². The van der Waals surface area contributed by atoms with Crippen LogP contribution in [-0.4, -0.2) is 10.2 Å². The normalized spacial score (nSPS) is 11.1. The Bertz CT molecular complexity index is 628. The van der Waals surface area contributed by atoms with Gasteiger partial charge in [-0.3, -0.25) is 0 Å². The van der Waals surface area contributed by atoms with Gasteiger partial charge >= 0.3 is 0 Å². The second kappa shape index (κ2) is 5.74. The summed E-state index contributed by atoms with van der Waals surface area (Å²) in [5.41, 5.74) is 1.31. The molecule has 0 saturated heterocycles. The number of hydrogen-bond acceptors (Lipinski definition) is 2. The predicted molar refractivity (Wildman–Crippen MR) is 80.2 cm³/mol. The third-order valence-corrected chi connectivity index (χ3v) is 3.43. The molecule has 2 aromatic carbocycles. The van der Waals surface area contributed by atoms with Crippen molar-refractivity contribution in [3.8, 4) is 11.5 Å². The summed E-state index contributed by atoms with van der Waals surface area (Å²) < 4.78 is 0. The van der Waals surface area contributed by atoms with Gasteiger partial charge < -0.3 is 10.2 Å². The summed E-state index contributed by atoms with van der Waals surface area (Å²) in [7, 11) is 0. The minimum atomic E-state index is 0.00909. The molecule has 19 heavy (non-hydrogen) atoms. The van der Waals surface area contributed by atoms with E-state index in [-0.39, 0.29) is 11.5 Å². The minimum absolute atomic E-state index is 0.00909. The molecule has 0 unspecified atom stereocenters. The molecule has 2 nitrogen and oxygen atoms in total. The lowest BCUT2D eigenvalue weighted by Crippen LogP contribution is -1.80. The molecular formula is C14H9Cl3O2. The van der Waals surface area contributed by atoms with Crippen molar-refractivity contribution in [3.05, 3.63) is 56.5 Å². The van der Waals surface area contributed by atoms with E-state index < -0.39 is 0 Å². The summed E-state index contributed by atoms with van der Waals surface area (Å²) in [5.74, 6) is 0.109. The van der Waals surface area contributed by atoms with Crippen LogP contribution in [0.2, 0.25) is 15.1 Å². The highest BCUT2D eigenvalue weighted by molar-refractivity contribution is 6.37. The van der Waals surface area contributed by atoms with Crippen LogP contribution in [0.15, 0.2) is 30.3 Å². The maximum atomic E-state index is 9.34.